The number of aryl methyl sites for hydroxylation is 2. The van der Waals surface area contributed by atoms with Crippen LogP contribution in [0.25, 0.3) is 0 Å². The zero-order chi connectivity index (χ0) is 11.1. The summed E-state index contributed by atoms with van der Waals surface area (Å²) in [5.41, 5.74) is 4.42. The third-order valence-electron chi connectivity index (χ3n) is 2.59. The van der Waals surface area contributed by atoms with Gasteiger partial charge in [0.15, 0.2) is 0 Å². The molecule has 0 saturated heterocycles. The fourth-order valence-corrected chi connectivity index (χ4v) is 2.01. The first-order chi connectivity index (χ1) is 7.30. The molecule has 1 heteroatoms. The van der Waals surface area contributed by atoms with Crippen molar-refractivity contribution in [2.75, 3.05) is 6.54 Å². The van der Waals surface area contributed by atoms with Gasteiger partial charge in [0.2, 0.25) is 0 Å². The normalized spacial score (nSPS) is 10.6. The summed E-state index contributed by atoms with van der Waals surface area (Å²) in [6.07, 6.45) is 4.90. The summed E-state index contributed by atoms with van der Waals surface area (Å²) in [5, 5.41) is 2.32. The van der Waals surface area contributed by atoms with E-state index in [1.54, 1.807) is 0 Å². The summed E-state index contributed by atoms with van der Waals surface area (Å²) in [4.78, 5) is 0. The van der Waals surface area contributed by atoms with E-state index in [1.165, 1.54) is 42.5 Å². The van der Waals surface area contributed by atoms with Crippen LogP contribution < -0.4 is 5.32 Å². The van der Waals surface area contributed by atoms with E-state index in [4.69, 9.17) is 0 Å². The van der Waals surface area contributed by atoms with E-state index < -0.39 is 0 Å². The summed E-state index contributed by atoms with van der Waals surface area (Å²) in [6, 6.07) is 7.05. The lowest BCUT2D eigenvalue weighted by Gasteiger charge is -2.06. The molecule has 0 bridgehead atoms. The molecule has 0 spiro atoms. The number of quaternary nitrogens is 1. The molecule has 0 atom stereocenters. The smallest absolute Gasteiger partial charge is 0.130 e. The van der Waals surface area contributed by atoms with Crippen LogP contribution in [0.3, 0.4) is 0 Å². The van der Waals surface area contributed by atoms with E-state index in [0.29, 0.717) is 0 Å². The van der Waals surface area contributed by atoms with Gasteiger partial charge in [-0.3, -0.25) is 0 Å². The minimum absolute atomic E-state index is 1.13. The predicted molar refractivity (Wildman–Crippen MR) is 66.6 cm³/mol. The predicted octanol–water partition coefficient (Wildman–Crippen LogP) is 2.81. The van der Waals surface area contributed by atoms with Gasteiger partial charge in [0, 0.05) is 12.1 Å². The second-order valence-electron chi connectivity index (χ2n) is 4.20. The zero-order valence-electron chi connectivity index (χ0n) is 10.3. The second kappa shape index (κ2) is 6.62. The van der Waals surface area contributed by atoms with Crippen LogP contribution in [0.2, 0.25) is 0 Å². The Hall–Kier alpha value is -0.820. The Labute approximate surface area is 93.9 Å². The molecule has 0 unspecified atom stereocenters. The highest BCUT2D eigenvalue weighted by atomic mass is 14.8. The number of benzene rings is 1. The Kier molecular flexibility index (Phi) is 5.41. The van der Waals surface area contributed by atoms with Crippen molar-refractivity contribution in [1.82, 2.24) is 0 Å². The molecule has 0 fully saturated rings. The van der Waals surface area contributed by atoms with Crippen molar-refractivity contribution < 1.29 is 5.32 Å². The molecule has 0 aliphatic carbocycles. The molecule has 0 amide bonds. The number of nitrogens with two attached hydrogens (primary N) is 1. The average Bonchev–Trinajstić information content (AvgIpc) is 2.19. The average molecular weight is 206 g/mol. The fraction of sp³-hybridized carbons (Fsp3) is 0.571. The monoisotopic (exact) mass is 206 g/mol. The van der Waals surface area contributed by atoms with Crippen molar-refractivity contribution in [2.24, 2.45) is 0 Å². The van der Waals surface area contributed by atoms with Crippen LogP contribution in [0, 0.1) is 0 Å². The van der Waals surface area contributed by atoms with Crippen molar-refractivity contribution in [3.05, 3.63) is 29.3 Å². The van der Waals surface area contributed by atoms with Gasteiger partial charge in [0.1, 0.15) is 5.69 Å². The number of hydrogen-bond donors (Lipinski definition) is 1. The Morgan fingerprint density at radius 2 is 1.40 bits per heavy atom. The molecule has 0 saturated carbocycles. The maximum atomic E-state index is 2.38. The van der Waals surface area contributed by atoms with E-state index >= 15 is 0 Å². The van der Waals surface area contributed by atoms with Gasteiger partial charge < -0.3 is 5.32 Å². The SMILES string of the molecule is CCCc1cc(CCC)cc([NH2+]CC)c1. The lowest BCUT2D eigenvalue weighted by molar-refractivity contribution is -0.567. The van der Waals surface area contributed by atoms with Crippen LogP contribution in [-0.4, -0.2) is 6.54 Å². The van der Waals surface area contributed by atoms with E-state index in [9.17, 15) is 0 Å². The Morgan fingerprint density at radius 3 is 1.80 bits per heavy atom. The standard InChI is InChI=1S/C14H23N/c1-4-7-12-9-13(8-5-2)11-14(10-12)15-6-3/h9-11,15H,4-8H2,1-3H3/p+1. The minimum Gasteiger partial charge on any atom is -0.314 e. The first-order valence-corrected chi connectivity index (χ1v) is 6.26. The molecule has 0 radical (unpaired) electrons. The Morgan fingerprint density at radius 1 is 0.867 bits per heavy atom. The van der Waals surface area contributed by atoms with Gasteiger partial charge in [-0.1, -0.05) is 32.8 Å². The van der Waals surface area contributed by atoms with E-state index in [1.807, 2.05) is 0 Å². The van der Waals surface area contributed by atoms with Crippen LogP contribution in [-0.2, 0) is 12.8 Å². The van der Waals surface area contributed by atoms with Gasteiger partial charge in [-0.2, -0.15) is 0 Å². The molecule has 2 N–H and O–H groups in total. The van der Waals surface area contributed by atoms with Crippen molar-refractivity contribution >= 4 is 5.69 Å². The summed E-state index contributed by atoms with van der Waals surface area (Å²) < 4.78 is 0. The van der Waals surface area contributed by atoms with Crippen LogP contribution >= 0.6 is 0 Å². The lowest BCUT2D eigenvalue weighted by atomic mass is 10.0. The maximum absolute atomic E-state index is 2.38. The van der Waals surface area contributed by atoms with Crippen LogP contribution in [0.5, 0.6) is 0 Å². The summed E-state index contributed by atoms with van der Waals surface area (Å²) in [6.45, 7) is 7.82. The molecule has 1 rings (SSSR count). The van der Waals surface area contributed by atoms with Crippen LogP contribution in [0.4, 0.5) is 5.69 Å². The van der Waals surface area contributed by atoms with Gasteiger partial charge in [0.05, 0.1) is 6.54 Å². The Bertz CT molecular complexity index is 231. The van der Waals surface area contributed by atoms with Gasteiger partial charge >= 0.3 is 0 Å². The van der Waals surface area contributed by atoms with E-state index in [2.05, 4.69) is 44.3 Å². The van der Waals surface area contributed by atoms with Crippen molar-refractivity contribution in [2.45, 2.75) is 46.5 Å². The first-order valence-electron chi connectivity index (χ1n) is 6.26. The van der Waals surface area contributed by atoms with Crippen LogP contribution in [0.15, 0.2) is 18.2 Å². The fourth-order valence-electron chi connectivity index (χ4n) is 2.01. The third-order valence-corrected chi connectivity index (χ3v) is 2.59. The largest absolute Gasteiger partial charge is 0.314 e. The highest BCUT2D eigenvalue weighted by Crippen LogP contribution is 2.14. The molecule has 15 heavy (non-hydrogen) atoms. The number of hydrogen-bond acceptors (Lipinski definition) is 0. The molecule has 1 aromatic rings. The molecule has 1 aromatic carbocycles. The van der Waals surface area contributed by atoms with E-state index in [0.717, 1.165) is 6.54 Å². The van der Waals surface area contributed by atoms with Gasteiger partial charge in [0.25, 0.3) is 0 Å². The van der Waals surface area contributed by atoms with Gasteiger partial charge in [-0.15, -0.1) is 0 Å². The van der Waals surface area contributed by atoms with Crippen molar-refractivity contribution in [1.29, 1.82) is 0 Å². The van der Waals surface area contributed by atoms with Crippen molar-refractivity contribution in [3.63, 3.8) is 0 Å². The maximum Gasteiger partial charge on any atom is 0.130 e. The first kappa shape index (κ1) is 12.3. The highest BCUT2D eigenvalue weighted by Gasteiger charge is 2.02. The zero-order valence-corrected chi connectivity index (χ0v) is 10.3. The molecule has 1 nitrogen and oxygen atoms in total. The Balaban J connectivity index is 2.86. The third kappa shape index (κ3) is 4.05. The summed E-state index contributed by atoms with van der Waals surface area (Å²) >= 11 is 0. The summed E-state index contributed by atoms with van der Waals surface area (Å²) in [7, 11) is 0. The lowest BCUT2D eigenvalue weighted by Crippen LogP contribution is -2.77. The van der Waals surface area contributed by atoms with Crippen LogP contribution in [0.1, 0.15) is 44.7 Å². The molecule has 0 heterocycles. The van der Waals surface area contributed by atoms with Gasteiger partial charge in [-0.25, -0.2) is 0 Å². The summed E-state index contributed by atoms with van der Waals surface area (Å²) in [5.74, 6) is 0. The topological polar surface area (TPSA) is 16.6 Å². The molecule has 84 valence electrons. The number of rotatable bonds is 6. The minimum atomic E-state index is 1.13. The second-order valence-corrected chi connectivity index (χ2v) is 4.20. The van der Waals surface area contributed by atoms with E-state index in [-0.39, 0.29) is 0 Å². The quantitative estimate of drug-likeness (QED) is 0.689. The van der Waals surface area contributed by atoms with Crippen molar-refractivity contribution in [3.8, 4) is 0 Å². The molecule has 0 aliphatic rings. The highest BCUT2D eigenvalue weighted by molar-refractivity contribution is 5.38. The van der Waals surface area contributed by atoms with Gasteiger partial charge in [-0.05, 0) is 30.9 Å². The molecular weight excluding hydrogens is 182 g/mol. The molecule has 0 aliphatic heterocycles. The molecular formula is C14H24N+. The molecule has 0 aromatic heterocycles.